The molecule has 3 N–H and O–H groups in total. The third kappa shape index (κ3) is 4.14. The second-order valence-corrected chi connectivity index (χ2v) is 8.03. The van der Waals surface area contributed by atoms with E-state index in [9.17, 15) is 14.4 Å². The quantitative estimate of drug-likeness (QED) is 0.370. The zero-order valence-electron chi connectivity index (χ0n) is 17.3. The minimum absolute atomic E-state index is 0.0843. The van der Waals surface area contributed by atoms with Crippen molar-refractivity contribution in [3.63, 3.8) is 0 Å². The van der Waals surface area contributed by atoms with Gasteiger partial charge in [0.2, 0.25) is 11.1 Å². The summed E-state index contributed by atoms with van der Waals surface area (Å²) in [6, 6.07) is 15.5. The van der Waals surface area contributed by atoms with Crippen molar-refractivity contribution >= 4 is 29.6 Å². The molecule has 0 aliphatic carbocycles. The number of aromatic nitrogens is 3. The van der Waals surface area contributed by atoms with Gasteiger partial charge in [0, 0.05) is 5.56 Å². The smallest absolute Gasteiger partial charge is 0.344 e. The molecular weight excluding hydrogens is 432 g/mol. The molecule has 0 saturated carbocycles. The Balaban J connectivity index is 1.39. The molecule has 2 heterocycles. The maximum Gasteiger partial charge on any atom is 0.344 e. The maximum atomic E-state index is 13.0. The minimum Gasteiger partial charge on any atom is -0.497 e. The molecular formula is C21H20N6O4S. The lowest BCUT2D eigenvalue weighted by molar-refractivity contribution is -0.138. The highest BCUT2D eigenvalue weighted by molar-refractivity contribution is 7.99. The van der Waals surface area contributed by atoms with Gasteiger partial charge >= 0.3 is 6.03 Å². The second-order valence-electron chi connectivity index (χ2n) is 7.08. The van der Waals surface area contributed by atoms with E-state index in [2.05, 4.69) is 25.9 Å². The number of carbonyl (C=O) groups is 3. The molecule has 1 fully saturated rings. The summed E-state index contributed by atoms with van der Waals surface area (Å²) in [4.78, 5) is 42.1. The monoisotopic (exact) mass is 452 g/mol. The first kappa shape index (κ1) is 21.4. The van der Waals surface area contributed by atoms with Crippen LogP contribution in [0.2, 0.25) is 0 Å². The number of hydrogen-bond acceptors (Lipinski definition) is 7. The van der Waals surface area contributed by atoms with Crippen LogP contribution < -0.4 is 15.5 Å². The van der Waals surface area contributed by atoms with Crippen molar-refractivity contribution in [2.24, 2.45) is 0 Å². The molecule has 10 nitrogen and oxygen atoms in total. The number of urea groups is 1. The molecule has 1 aromatic heterocycles. The molecule has 1 aliphatic rings. The molecule has 4 amide bonds. The van der Waals surface area contributed by atoms with E-state index < -0.39 is 23.4 Å². The molecule has 0 spiro atoms. The number of amides is 4. The van der Waals surface area contributed by atoms with Crippen LogP contribution in [0.15, 0.2) is 59.8 Å². The molecule has 1 saturated heterocycles. The van der Waals surface area contributed by atoms with E-state index in [1.54, 1.807) is 31.2 Å². The number of methoxy groups -OCH3 is 1. The first-order valence-corrected chi connectivity index (χ1v) is 10.6. The molecule has 1 atom stereocenters. The molecule has 164 valence electrons. The van der Waals surface area contributed by atoms with Crippen molar-refractivity contribution < 1.29 is 19.1 Å². The molecule has 0 radical (unpaired) electrons. The van der Waals surface area contributed by atoms with Crippen molar-refractivity contribution in [3.05, 3.63) is 60.2 Å². The number of aromatic amines is 1. The largest absolute Gasteiger partial charge is 0.497 e. The predicted molar refractivity (Wildman–Crippen MR) is 116 cm³/mol. The van der Waals surface area contributed by atoms with Crippen LogP contribution in [0.25, 0.3) is 11.4 Å². The fourth-order valence-electron chi connectivity index (χ4n) is 3.19. The third-order valence-corrected chi connectivity index (χ3v) is 5.77. The molecule has 2 aromatic carbocycles. The van der Waals surface area contributed by atoms with Crippen LogP contribution in [0.3, 0.4) is 0 Å². The number of thioether (sulfide) groups is 1. The summed E-state index contributed by atoms with van der Waals surface area (Å²) >= 11 is 1.08. The fraction of sp³-hybridized carbons (Fsp3) is 0.190. The molecule has 32 heavy (non-hydrogen) atoms. The number of nitrogens with zero attached hydrogens (tertiary/aromatic N) is 3. The lowest BCUT2D eigenvalue weighted by Crippen LogP contribution is -2.48. The lowest BCUT2D eigenvalue weighted by Gasteiger charge is -2.22. The van der Waals surface area contributed by atoms with E-state index in [0.29, 0.717) is 27.3 Å². The molecule has 1 unspecified atom stereocenters. The van der Waals surface area contributed by atoms with E-state index in [1.165, 1.54) is 7.11 Å². The Bertz CT molecular complexity index is 1170. The molecule has 11 heteroatoms. The summed E-state index contributed by atoms with van der Waals surface area (Å²) in [6.45, 7) is 1.57. The van der Waals surface area contributed by atoms with E-state index in [-0.39, 0.29) is 5.75 Å². The SMILES string of the molecule is COc1cccc(C2(C)NC(=O)N(NC(=O)CSc3n[nH]c(-c4ccccc4)n3)C2=O)c1. The number of imide groups is 1. The van der Waals surface area contributed by atoms with E-state index in [1.807, 2.05) is 30.3 Å². The number of H-pyrrole nitrogens is 1. The van der Waals surface area contributed by atoms with Gasteiger partial charge in [0.25, 0.3) is 5.91 Å². The van der Waals surface area contributed by atoms with E-state index >= 15 is 0 Å². The van der Waals surface area contributed by atoms with Crippen LogP contribution in [-0.2, 0) is 15.1 Å². The van der Waals surface area contributed by atoms with E-state index in [4.69, 9.17) is 4.74 Å². The number of ether oxygens (including phenoxy) is 1. The van der Waals surface area contributed by atoms with Gasteiger partial charge in [0.05, 0.1) is 12.9 Å². The number of benzene rings is 2. The maximum absolute atomic E-state index is 13.0. The highest BCUT2D eigenvalue weighted by Gasteiger charge is 2.50. The summed E-state index contributed by atoms with van der Waals surface area (Å²) < 4.78 is 5.19. The highest BCUT2D eigenvalue weighted by Crippen LogP contribution is 2.30. The van der Waals surface area contributed by atoms with Crippen molar-refractivity contribution in [3.8, 4) is 17.1 Å². The van der Waals surface area contributed by atoms with E-state index in [0.717, 1.165) is 17.3 Å². The third-order valence-electron chi connectivity index (χ3n) is 4.92. The van der Waals surface area contributed by atoms with Gasteiger partial charge in [-0.25, -0.2) is 9.78 Å². The summed E-state index contributed by atoms with van der Waals surface area (Å²) in [7, 11) is 1.51. The first-order chi connectivity index (χ1) is 15.4. The molecule has 3 aromatic rings. The number of hydrogen-bond donors (Lipinski definition) is 3. The summed E-state index contributed by atoms with van der Waals surface area (Å²) in [5.74, 6) is -0.0977. The average Bonchev–Trinajstić information content (AvgIpc) is 3.37. The van der Waals surface area contributed by atoms with Gasteiger partial charge < -0.3 is 10.1 Å². The summed E-state index contributed by atoms with van der Waals surface area (Å²) in [5, 5.41) is 10.6. The zero-order valence-corrected chi connectivity index (χ0v) is 18.1. The Labute approximate surface area is 187 Å². The Morgan fingerprint density at radius 2 is 1.97 bits per heavy atom. The van der Waals surface area contributed by atoms with Gasteiger partial charge in [-0.05, 0) is 24.6 Å². The number of carbonyl (C=O) groups excluding carboxylic acids is 3. The lowest BCUT2D eigenvalue weighted by atomic mass is 9.92. The Morgan fingerprint density at radius 3 is 2.72 bits per heavy atom. The van der Waals surface area contributed by atoms with Crippen LogP contribution in [0.5, 0.6) is 5.75 Å². The van der Waals surface area contributed by atoms with Gasteiger partial charge in [0.1, 0.15) is 11.3 Å². The van der Waals surface area contributed by atoms with Crippen LogP contribution in [-0.4, -0.2) is 50.9 Å². The molecule has 1 aliphatic heterocycles. The van der Waals surface area contributed by atoms with Crippen molar-refractivity contribution in [1.29, 1.82) is 0 Å². The summed E-state index contributed by atoms with van der Waals surface area (Å²) in [6.07, 6.45) is 0. The van der Waals surface area contributed by atoms with Crippen LogP contribution in [0, 0.1) is 0 Å². The second kappa shape index (κ2) is 8.71. The Kier molecular flexibility index (Phi) is 5.82. The normalized spacial score (nSPS) is 17.9. The average molecular weight is 452 g/mol. The van der Waals surface area contributed by atoms with Gasteiger partial charge in [-0.1, -0.05) is 54.2 Å². The molecule has 0 bridgehead atoms. The van der Waals surface area contributed by atoms with Crippen LogP contribution in [0.1, 0.15) is 12.5 Å². The van der Waals surface area contributed by atoms with Crippen molar-refractivity contribution in [2.45, 2.75) is 17.6 Å². The molecule has 4 rings (SSSR count). The predicted octanol–water partition coefficient (Wildman–Crippen LogP) is 2.07. The topological polar surface area (TPSA) is 129 Å². The van der Waals surface area contributed by atoms with Crippen molar-refractivity contribution in [2.75, 3.05) is 12.9 Å². The minimum atomic E-state index is -1.33. The van der Waals surface area contributed by atoms with Gasteiger partial charge in [-0.3, -0.25) is 20.1 Å². The van der Waals surface area contributed by atoms with Gasteiger partial charge in [-0.15, -0.1) is 5.10 Å². The number of rotatable bonds is 7. The summed E-state index contributed by atoms with van der Waals surface area (Å²) in [5.41, 5.74) is 2.43. The Hall–Kier alpha value is -3.86. The Morgan fingerprint density at radius 1 is 1.19 bits per heavy atom. The first-order valence-electron chi connectivity index (χ1n) is 9.62. The van der Waals surface area contributed by atoms with Crippen LogP contribution in [0.4, 0.5) is 4.79 Å². The number of nitrogens with one attached hydrogen (secondary N) is 3. The highest BCUT2D eigenvalue weighted by atomic mass is 32.2. The van der Waals surface area contributed by atoms with Gasteiger partial charge in [0.15, 0.2) is 5.82 Å². The fourth-order valence-corrected chi connectivity index (χ4v) is 3.78. The zero-order chi connectivity index (χ0) is 22.7. The van der Waals surface area contributed by atoms with Crippen molar-refractivity contribution in [1.82, 2.24) is 30.9 Å². The van der Waals surface area contributed by atoms with Crippen LogP contribution >= 0.6 is 11.8 Å². The standard InChI is InChI=1S/C21H20N6O4S/c1-21(14-9-6-10-15(11-14)31-2)18(29)27(20(30)23-21)26-16(28)12-32-19-22-17(24-25-19)13-7-4-3-5-8-13/h3-11H,12H2,1-2H3,(H,23,30)(H,26,28)(H,22,24,25). The van der Waals surface area contributed by atoms with Gasteiger partial charge in [-0.2, -0.15) is 5.01 Å². The number of hydrazine groups is 1.